The lowest BCUT2D eigenvalue weighted by Crippen LogP contribution is -2.66. The maximum Gasteiger partial charge on any atom is 0.315 e. The van der Waals surface area contributed by atoms with Gasteiger partial charge in [0.2, 0.25) is 0 Å². The second kappa shape index (κ2) is 6.05. The van der Waals surface area contributed by atoms with Gasteiger partial charge in [0.25, 0.3) is 0 Å². The van der Waals surface area contributed by atoms with Gasteiger partial charge in [-0.25, -0.2) is 0 Å². The van der Waals surface area contributed by atoms with Gasteiger partial charge in [0.15, 0.2) is 5.78 Å². The number of rotatable bonds is 1. The molecule has 2 bridgehead atoms. The van der Waals surface area contributed by atoms with Gasteiger partial charge in [0.05, 0.1) is 22.5 Å². The predicted octanol–water partition coefficient (Wildman–Crippen LogP) is 3.39. The zero-order valence-corrected chi connectivity index (χ0v) is 20.6. The minimum absolute atomic E-state index is 0.0448. The van der Waals surface area contributed by atoms with Crippen molar-refractivity contribution in [3.8, 4) is 0 Å². The van der Waals surface area contributed by atoms with Crippen LogP contribution in [0.2, 0.25) is 0 Å². The highest BCUT2D eigenvalue weighted by atomic mass is 16.6. The van der Waals surface area contributed by atoms with Crippen molar-refractivity contribution in [3.05, 3.63) is 12.2 Å². The molecule has 8 rings (SSSR count). The normalized spacial score (nSPS) is 61.3. The number of hydrogen-bond donors (Lipinski definition) is 1. The topological polar surface area (TPSA) is 93.2 Å². The summed E-state index contributed by atoms with van der Waals surface area (Å²) in [6, 6.07) is 0. The standard InChI is InChI=1S/C28H36O6/c1-24-9-7-16-14(10-21-28(34-21)8-5-6-20(30)27(16,28)4)17(24)11-18(29)22(24)15-12-25(2)23(31)33-19(15)13-26(25,3)32/h5-6,14-17,19,21-22,32H,7-13H2,1-4H3/t14-,15-,16+,17+,19-,21-,22+,24+,25+,26+,27+,28-/m1/s1. The van der Waals surface area contributed by atoms with E-state index in [0.29, 0.717) is 31.0 Å². The molecule has 3 saturated heterocycles. The van der Waals surface area contributed by atoms with E-state index in [1.54, 1.807) is 13.0 Å². The van der Waals surface area contributed by atoms with Crippen LogP contribution in [0.25, 0.3) is 0 Å². The molecular formula is C28H36O6. The SMILES string of the molecule is C[C@]12CC[C@H]3[C@@H](C[C@H]4O[C@]45CC=CC(=O)[C@]35C)[C@@H]1CC(=O)[C@@H]2[C@@H]1C[C@@]2(C)C(=O)O[C@@H]1C[C@]2(C)O. The summed E-state index contributed by atoms with van der Waals surface area (Å²) in [6.07, 6.45) is 8.52. The van der Waals surface area contributed by atoms with Crippen LogP contribution >= 0.6 is 0 Å². The Morgan fingerprint density at radius 1 is 1.03 bits per heavy atom. The van der Waals surface area contributed by atoms with Crippen LogP contribution < -0.4 is 0 Å². The fourth-order valence-electron chi connectivity index (χ4n) is 10.3. The minimum atomic E-state index is -1.11. The van der Waals surface area contributed by atoms with Crippen LogP contribution in [0.3, 0.4) is 0 Å². The van der Waals surface area contributed by atoms with Crippen LogP contribution in [-0.4, -0.2) is 46.1 Å². The first kappa shape index (κ1) is 21.7. The highest BCUT2D eigenvalue weighted by Gasteiger charge is 2.78. The third-order valence-corrected chi connectivity index (χ3v) is 12.5. The highest BCUT2D eigenvalue weighted by Crippen LogP contribution is 2.73. The quantitative estimate of drug-likeness (QED) is 0.468. The third-order valence-electron chi connectivity index (χ3n) is 12.5. The minimum Gasteiger partial charge on any atom is -0.461 e. The third kappa shape index (κ3) is 2.17. The van der Waals surface area contributed by atoms with Gasteiger partial charge in [-0.05, 0) is 82.1 Å². The molecule has 1 N–H and O–H groups in total. The molecule has 0 aromatic heterocycles. The molecule has 0 aromatic carbocycles. The molecule has 7 fully saturated rings. The molecule has 0 unspecified atom stereocenters. The number of hydrogen-bond acceptors (Lipinski definition) is 6. The van der Waals surface area contributed by atoms with E-state index >= 15 is 0 Å². The van der Waals surface area contributed by atoms with E-state index < -0.39 is 22.5 Å². The van der Waals surface area contributed by atoms with E-state index in [2.05, 4.69) is 13.8 Å². The number of Topliss-reactive ketones (excluding diaryl/α,β-unsaturated/α-hetero) is 1. The average Bonchev–Trinajstić information content (AvgIpc) is 3.38. The van der Waals surface area contributed by atoms with Crippen LogP contribution in [0.5, 0.6) is 0 Å². The molecule has 0 amide bonds. The summed E-state index contributed by atoms with van der Waals surface area (Å²) >= 11 is 0. The van der Waals surface area contributed by atoms with Crippen molar-refractivity contribution in [3.63, 3.8) is 0 Å². The van der Waals surface area contributed by atoms with Gasteiger partial charge >= 0.3 is 5.97 Å². The second-order valence-corrected chi connectivity index (χ2v) is 13.6. The van der Waals surface area contributed by atoms with Crippen molar-refractivity contribution in [1.29, 1.82) is 0 Å². The van der Waals surface area contributed by atoms with Gasteiger partial charge in [0, 0.05) is 24.7 Å². The number of fused-ring (bicyclic) bond motifs is 7. The van der Waals surface area contributed by atoms with Crippen molar-refractivity contribution in [2.75, 3.05) is 0 Å². The van der Waals surface area contributed by atoms with Gasteiger partial charge in [-0.1, -0.05) is 13.0 Å². The van der Waals surface area contributed by atoms with E-state index in [9.17, 15) is 19.5 Å². The largest absolute Gasteiger partial charge is 0.461 e. The molecule has 6 nitrogen and oxygen atoms in total. The summed E-state index contributed by atoms with van der Waals surface area (Å²) in [7, 11) is 0. The molecule has 0 aromatic rings. The van der Waals surface area contributed by atoms with Crippen LogP contribution in [-0.2, 0) is 23.9 Å². The molecular weight excluding hydrogens is 432 g/mol. The van der Waals surface area contributed by atoms with Gasteiger partial charge in [-0.15, -0.1) is 0 Å². The Morgan fingerprint density at radius 3 is 2.53 bits per heavy atom. The summed E-state index contributed by atoms with van der Waals surface area (Å²) in [5, 5.41) is 11.0. The Labute approximate surface area is 200 Å². The number of epoxide rings is 1. The van der Waals surface area contributed by atoms with E-state index in [1.807, 2.05) is 13.0 Å². The molecule has 8 aliphatic rings. The van der Waals surface area contributed by atoms with Gasteiger partial charge in [-0.3, -0.25) is 14.4 Å². The van der Waals surface area contributed by atoms with Crippen LogP contribution in [0.15, 0.2) is 12.2 Å². The number of carbonyl (C=O) groups is 3. The van der Waals surface area contributed by atoms with Crippen LogP contribution in [0.4, 0.5) is 0 Å². The number of aliphatic hydroxyl groups is 1. The maximum atomic E-state index is 13.7. The smallest absolute Gasteiger partial charge is 0.315 e. The van der Waals surface area contributed by atoms with Crippen molar-refractivity contribution in [2.45, 2.75) is 96.1 Å². The molecule has 1 spiro atoms. The Bertz CT molecular complexity index is 1060. The number of allylic oxidation sites excluding steroid dienone is 1. The van der Waals surface area contributed by atoms with E-state index in [-0.39, 0.29) is 52.5 Å². The van der Waals surface area contributed by atoms with Crippen LogP contribution in [0.1, 0.15) is 72.6 Å². The molecule has 3 aliphatic heterocycles. The molecule has 3 heterocycles. The number of ketones is 2. The van der Waals surface area contributed by atoms with Crippen molar-refractivity contribution in [2.24, 2.45) is 45.8 Å². The Kier molecular flexibility index (Phi) is 3.87. The van der Waals surface area contributed by atoms with E-state index in [4.69, 9.17) is 9.47 Å². The molecule has 0 radical (unpaired) electrons. The summed E-state index contributed by atoms with van der Waals surface area (Å²) in [4.78, 5) is 39.7. The first-order valence-corrected chi connectivity index (χ1v) is 13.2. The molecule has 6 heteroatoms. The van der Waals surface area contributed by atoms with Gasteiger partial charge in [0.1, 0.15) is 17.5 Å². The molecule has 12 atom stereocenters. The Morgan fingerprint density at radius 2 is 1.79 bits per heavy atom. The first-order valence-electron chi connectivity index (χ1n) is 13.2. The maximum absolute atomic E-state index is 13.7. The van der Waals surface area contributed by atoms with Gasteiger partial charge < -0.3 is 14.6 Å². The van der Waals surface area contributed by atoms with Crippen molar-refractivity contribution >= 4 is 17.5 Å². The Balaban J connectivity index is 1.24. The summed E-state index contributed by atoms with van der Waals surface area (Å²) in [6.45, 7) is 7.97. The monoisotopic (exact) mass is 468 g/mol. The predicted molar refractivity (Wildman–Crippen MR) is 121 cm³/mol. The zero-order chi connectivity index (χ0) is 24.1. The molecule has 5 aliphatic carbocycles. The average molecular weight is 469 g/mol. The fraction of sp³-hybridized carbons (Fsp3) is 0.821. The van der Waals surface area contributed by atoms with Gasteiger partial charge in [-0.2, -0.15) is 0 Å². The molecule has 4 saturated carbocycles. The van der Waals surface area contributed by atoms with E-state index in [1.165, 1.54) is 0 Å². The summed E-state index contributed by atoms with van der Waals surface area (Å²) < 4.78 is 12.2. The summed E-state index contributed by atoms with van der Waals surface area (Å²) in [5.74, 6) is 0.733. The highest BCUT2D eigenvalue weighted by molar-refractivity contribution is 5.98. The fourth-order valence-corrected chi connectivity index (χ4v) is 10.3. The lowest BCUT2D eigenvalue weighted by molar-refractivity contribution is -0.242. The molecule has 34 heavy (non-hydrogen) atoms. The molecule has 184 valence electrons. The lowest BCUT2D eigenvalue weighted by Gasteiger charge is -2.60. The Hall–Kier alpha value is -1.53. The lowest BCUT2D eigenvalue weighted by atomic mass is 9.44. The number of ether oxygens (including phenoxy) is 2. The van der Waals surface area contributed by atoms with Crippen molar-refractivity contribution < 1.29 is 29.0 Å². The zero-order valence-electron chi connectivity index (χ0n) is 20.6. The number of carbonyl (C=O) groups excluding carboxylic acids is 3. The van der Waals surface area contributed by atoms with Crippen LogP contribution in [0, 0.1) is 45.8 Å². The van der Waals surface area contributed by atoms with Crippen molar-refractivity contribution in [1.82, 2.24) is 0 Å². The first-order chi connectivity index (χ1) is 15.9. The number of esters is 1. The van der Waals surface area contributed by atoms with E-state index in [0.717, 1.165) is 25.7 Å². The summed E-state index contributed by atoms with van der Waals surface area (Å²) in [5.41, 5.74) is -3.08. The second-order valence-electron chi connectivity index (χ2n) is 13.6.